The standard InChI is InChI=1S/C18H16Cl2N2O3/c1-25-16-7-4-13(20)9-15(16)21-18(24)11-8-17(23)22(10-11)14-5-2-12(19)3-6-14/h2-7,9,11H,8,10H2,1H3,(H,21,24)/t11-/m0/s1. The van der Waals surface area contributed by atoms with Crippen molar-refractivity contribution < 1.29 is 14.3 Å². The summed E-state index contributed by atoms with van der Waals surface area (Å²) in [7, 11) is 1.51. The first kappa shape index (κ1) is 17.6. The molecule has 1 saturated heterocycles. The molecule has 1 aliphatic rings. The van der Waals surface area contributed by atoms with E-state index in [1.165, 1.54) is 7.11 Å². The largest absolute Gasteiger partial charge is 0.495 e. The number of halogens is 2. The molecule has 2 aromatic rings. The van der Waals surface area contributed by atoms with Gasteiger partial charge in [0.25, 0.3) is 0 Å². The van der Waals surface area contributed by atoms with Gasteiger partial charge in [-0.15, -0.1) is 0 Å². The maximum atomic E-state index is 12.6. The van der Waals surface area contributed by atoms with E-state index in [-0.39, 0.29) is 18.2 Å². The zero-order valence-electron chi connectivity index (χ0n) is 13.5. The van der Waals surface area contributed by atoms with Gasteiger partial charge in [0.1, 0.15) is 5.75 Å². The summed E-state index contributed by atoms with van der Waals surface area (Å²) >= 11 is 11.9. The highest BCUT2D eigenvalue weighted by Crippen LogP contribution is 2.30. The molecule has 0 unspecified atom stereocenters. The topological polar surface area (TPSA) is 58.6 Å². The summed E-state index contributed by atoms with van der Waals surface area (Å²) in [5.41, 5.74) is 1.21. The predicted octanol–water partition coefficient (Wildman–Crippen LogP) is 3.99. The molecule has 1 aliphatic heterocycles. The van der Waals surface area contributed by atoms with Gasteiger partial charge in [-0.1, -0.05) is 23.2 Å². The summed E-state index contributed by atoms with van der Waals surface area (Å²) in [5.74, 6) is -0.283. The van der Waals surface area contributed by atoms with Crippen LogP contribution in [0.15, 0.2) is 42.5 Å². The number of ether oxygens (including phenoxy) is 1. The van der Waals surface area contributed by atoms with Gasteiger partial charge in [0.15, 0.2) is 0 Å². The summed E-state index contributed by atoms with van der Waals surface area (Å²) in [6, 6.07) is 11.9. The smallest absolute Gasteiger partial charge is 0.229 e. The lowest BCUT2D eigenvalue weighted by Gasteiger charge is -2.17. The van der Waals surface area contributed by atoms with Crippen LogP contribution in [0.1, 0.15) is 6.42 Å². The minimum Gasteiger partial charge on any atom is -0.495 e. The Labute approximate surface area is 155 Å². The molecule has 130 valence electrons. The van der Waals surface area contributed by atoms with Crippen molar-refractivity contribution >= 4 is 46.4 Å². The molecule has 25 heavy (non-hydrogen) atoms. The Balaban J connectivity index is 1.73. The number of nitrogens with zero attached hydrogens (tertiary/aromatic N) is 1. The molecule has 1 fully saturated rings. The van der Waals surface area contributed by atoms with E-state index in [9.17, 15) is 9.59 Å². The summed E-state index contributed by atoms with van der Waals surface area (Å²) in [6.45, 7) is 0.315. The fourth-order valence-corrected chi connectivity index (χ4v) is 3.06. The number of amides is 2. The number of rotatable bonds is 4. The van der Waals surface area contributed by atoms with Crippen molar-refractivity contribution in [1.82, 2.24) is 0 Å². The van der Waals surface area contributed by atoms with Crippen molar-refractivity contribution in [2.45, 2.75) is 6.42 Å². The third kappa shape index (κ3) is 3.89. The van der Waals surface area contributed by atoms with Crippen molar-refractivity contribution in [3.63, 3.8) is 0 Å². The number of carbonyl (C=O) groups is 2. The van der Waals surface area contributed by atoms with Gasteiger partial charge in [0, 0.05) is 28.7 Å². The average molecular weight is 379 g/mol. The van der Waals surface area contributed by atoms with Crippen LogP contribution in [-0.2, 0) is 9.59 Å². The molecule has 7 heteroatoms. The van der Waals surface area contributed by atoms with Crippen LogP contribution in [0, 0.1) is 5.92 Å². The number of carbonyl (C=O) groups excluding carboxylic acids is 2. The molecule has 1 atom stereocenters. The SMILES string of the molecule is COc1ccc(Cl)cc1NC(=O)[C@H]1CC(=O)N(c2ccc(Cl)cc2)C1. The summed E-state index contributed by atoms with van der Waals surface area (Å²) in [6.07, 6.45) is 0.150. The maximum Gasteiger partial charge on any atom is 0.229 e. The van der Waals surface area contributed by atoms with Gasteiger partial charge in [0.05, 0.1) is 18.7 Å². The Kier molecular flexibility index (Phi) is 5.16. The van der Waals surface area contributed by atoms with Gasteiger partial charge in [-0.3, -0.25) is 9.59 Å². The number of methoxy groups -OCH3 is 1. The molecule has 2 amide bonds. The van der Waals surface area contributed by atoms with E-state index < -0.39 is 5.92 Å². The van der Waals surface area contributed by atoms with Gasteiger partial charge in [-0.25, -0.2) is 0 Å². The molecule has 0 bridgehead atoms. The van der Waals surface area contributed by atoms with Crippen LogP contribution in [0.2, 0.25) is 10.0 Å². The Bertz CT molecular complexity index is 808. The normalized spacial score (nSPS) is 16.8. The highest BCUT2D eigenvalue weighted by Gasteiger charge is 2.35. The monoisotopic (exact) mass is 378 g/mol. The van der Waals surface area contributed by atoms with E-state index in [1.807, 2.05) is 0 Å². The number of nitrogens with one attached hydrogen (secondary N) is 1. The highest BCUT2D eigenvalue weighted by molar-refractivity contribution is 6.31. The van der Waals surface area contributed by atoms with Gasteiger partial charge in [0.2, 0.25) is 11.8 Å². The van der Waals surface area contributed by atoms with Gasteiger partial charge < -0.3 is 15.0 Å². The van der Waals surface area contributed by atoms with Crippen LogP contribution in [0.25, 0.3) is 0 Å². The van der Waals surface area contributed by atoms with Crippen LogP contribution in [0.5, 0.6) is 5.75 Å². The van der Waals surface area contributed by atoms with E-state index in [4.69, 9.17) is 27.9 Å². The fourth-order valence-electron chi connectivity index (χ4n) is 2.77. The third-order valence-electron chi connectivity index (χ3n) is 4.05. The summed E-state index contributed by atoms with van der Waals surface area (Å²) in [4.78, 5) is 26.4. The van der Waals surface area contributed by atoms with Gasteiger partial charge in [-0.05, 0) is 42.5 Å². The van der Waals surface area contributed by atoms with Crippen molar-refractivity contribution in [1.29, 1.82) is 0 Å². The lowest BCUT2D eigenvalue weighted by molar-refractivity contribution is -0.122. The molecular formula is C18H16Cl2N2O3. The number of hydrogen-bond acceptors (Lipinski definition) is 3. The first-order valence-corrected chi connectivity index (χ1v) is 8.44. The van der Waals surface area contributed by atoms with E-state index in [1.54, 1.807) is 47.4 Å². The Morgan fingerprint density at radius 3 is 2.52 bits per heavy atom. The van der Waals surface area contributed by atoms with Crippen LogP contribution >= 0.6 is 23.2 Å². The first-order valence-electron chi connectivity index (χ1n) is 7.68. The Hall–Kier alpha value is -2.24. The van der Waals surface area contributed by atoms with Crippen molar-refractivity contribution in [3.05, 3.63) is 52.5 Å². The van der Waals surface area contributed by atoms with E-state index >= 15 is 0 Å². The second kappa shape index (κ2) is 7.33. The summed E-state index contributed by atoms with van der Waals surface area (Å²) in [5, 5.41) is 3.88. The zero-order chi connectivity index (χ0) is 18.0. The van der Waals surface area contributed by atoms with Crippen molar-refractivity contribution in [3.8, 4) is 5.75 Å². The van der Waals surface area contributed by atoms with E-state index in [0.717, 1.165) is 5.69 Å². The molecule has 0 aromatic heterocycles. The van der Waals surface area contributed by atoms with Crippen LogP contribution in [0.3, 0.4) is 0 Å². The van der Waals surface area contributed by atoms with Gasteiger partial charge in [-0.2, -0.15) is 0 Å². The van der Waals surface area contributed by atoms with E-state index in [0.29, 0.717) is 28.0 Å². The first-order chi connectivity index (χ1) is 12.0. The molecular weight excluding hydrogens is 363 g/mol. The Morgan fingerprint density at radius 1 is 1.16 bits per heavy atom. The second-order valence-electron chi connectivity index (χ2n) is 5.72. The Morgan fingerprint density at radius 2 is 1.84 bits per heavy atom. The quantitative estimate of drug-likeness (QED) is 0.874. The van der Waals surface area contributed by atoms with E-state index in [2.05, 4.69) is 5.32 Å². The third-order valence-corrected chi connectivity index (χ3v) is 4.54. The maximum absolute atomic E-state index is 12.6. The molecule has 3 rings (SSSR count). The molecule has 1 heterocycles. The van der Waals surface area contributed by atoms with Crippen molar-refractivity contribution in [2.24, 2.45) is 5.92 Å². The second-order valence-corrected chi connectivity index (χ2v) is 6.59. The van der Waals surface area contributed by atoms with Crippen LogP contribution in [0.4, 0.5) is 11.4 Å². The molecule has 2 aromatic carbocycles. The fraction of sp³-hybridized carbons (Fsp3) is 0.222. The predicted molar refractivity (Wildman–Crippen MR) is 98.5 cm³/mol. The zero-order valence-corrected chi connectivity index (χ0v) is 15.0. The minimum absolute atomic E-state index is 0.0967. The highest BCUT2D eigenvalue weighted by atomic mass is 35.5. The summed E-state index contributed by atoms with van der Waals surface area (Å²) < 4.78 is 5.22. The molecule has 0 radical (unpaired) electrons. The van der Waals surface area contributed by atoms with Crippen LogP contribution < -0.4 is 15.0 Å². The molecule has 1 N–H and O–H groups in total. The molecule has 0 saturated carbocycles. The molecule has 0 spiro atoms. The minimum atomic E-state index is -0.452. The molecule has 0 aliphatic carbocycles. The number of anilines is 2. The number of benzene rings is 2. The lowest BCUT2D eigenvalue weighted by atomic mass is 10.1. The average Bonchev–Trinajstić information content (AvgIpc) is 2.98. The lowest BCUT2D eigenvalue weighted by Crippen LogP contribution is -2.28. The number of hydrogen-bond donors (Lipinski definition) is 1. The van der Waals surface area contributed by atoms with Crippen molar-refractivity contribution in [2.75, 3.05) is 23.9 Å². The molecule has 5 nitrogen and oxygen atoms in total. The van der Waals surface area contributed by atoms with Crippen LogP contribution in [-0.4, -0.2) is 25.5 Å². The van der Waals surface area contributed by atoms with Gasteiger partial charge >= 0.3 is 0 Å².